The lowest BCUT2D eigenvalue weighted by molar-refractivity contribution is 0.0901. The molecule has 0 spiro atoms. The third-order valence-corrected chi connectivity index (χ3v) is 5.43. The first-order chi connectivity index (χ1) is 13.8. The van der Waals surface area contributed by atoms with Crippen LogP contribution in [0.5, 0.6) is 11.5 Å². The number of Topliss-reactive ketones (excluding diaryl/α,β-unsaturated/α-hetero) is 1. The number of benzene rings is 1. The van der Waals surface area contributed by atoms with Gasteiger partial charge in [0.25, 0.3) is 0 Å². The van der Waals surface area contributed by atoms with Crippen molar-refractivity contribution >= 4 is 11.4 Å². The number of aromatic nitrogens is 4. The average molecular weight is 394 g/mol. The van der Waals surface area contributed by atoms with E-state index in [1.807, 2.05) is 22.7 Å². The summed E-state index contributed by atoms with van der Waals surface area (Å²) in [6, 6.07) is 5.78. The summed E-state index contributed by atoms with van der Waals surface area (Å²) in [6.07, 6.45) is 1.20. The van der Waals surface area contributed by atoms with E-state index in [1.54, 1.807) is 14.2 Å². The van der Waals surface area contributed by atoms with Gasteiger partial charge in [-0.05, 0) is 35.4 Å². The minimum atomic E-state index is -0.131. The Hall–Kier alpha value is -2.96. The van der Waals surface area contributed by atoms with Crippen LogP contribution in [0.2, 0.25) is 0 Å². The molecule has 3 aromatic rings. The van der Waals surface area contributed by atoms with Crippen molar-refractivity contribution in [1.29, 1.82) is 0 Å². The SMILES string of the molecule is COc1ccc(-c2c(C(C)C)nn3c4c(nnc23)C(=O)CC(C)(C)C4)cc1OC. The van der Waals surface area contributed by atoms with Gasteiger partial charge in [-0.1, -0.05) is 33.8 Å². The molecule has 0 radical (unpaired) electrons. The van der Waals surface area contributed by atoms with Gasteiger partial charge in [0.15, 0.2) is 28.6 Å². The summed E-state index contributed by atoms with van der Waals surface area (Å²) in [4.78, 5) is 12.6. The van der Waals surface area contributed by atoms with E-state index in [2.05, 4.69) is 37.9 Å². The quantitative estimate of drug-likeness (QED) is 0.663. The molecule has 4 rings (SSSR count). The van der Waals surface area contributed by atoms with E-state index in [4.69, 9.17) is 14.6 Å². The first-order valence-electron chi connectivity index (χ1n) is 9.79. The largest absolute Gasteiger partial charge is 0.493 e. The first kappa shape index (κ1) is 19.4. The van der Waals surface area contributed by atoms with Crippen LogP contribution in [0.1, 0.15) is 61.9 Å². The van der Waals surface area contributed by atoms with E-state index in [1.165, 1.54) is 0 Å². The maximum absolute atomic E-state index is 12.6. The molecule has 29 heavy (non-hydrogen) atoms. The lowest BCUT2D eigenvalue weighted by Crippen LogP contribution is -2.30. The molecular formula is C22H26N4O3. The Bertz CT molecular complexity index is 1110. The van der Waals surface area contributed by atoms with Gasteiger partial charge >= 0.3 is 0 Å². The van der Waals surface area contributed by atoms with Gasteiger partial charge in [0, 0.05) is 6.42 Å². The Kier molecular flexibility index (Phi) is 4.56. The molecule has 2 aromatic heterocycles. The molecule has 152 valence electrons. The molecule has 0 aliphatic heterocycles. The molecule has 0 saturated heterocycles. The number of hydrogen-bond donors (Lipinski definition) is 0. The molecule has 0 atom stereocenters. The number of ketones is 1. The second-order valence-corrected chi connectivity index (χ2v) is 8.66. The van der Waals surface area contributed by atoms with Crippen molar-refractivity contribution < 1.29 is 14.3 Å². The van der Waals surface area contributed by atoms with Crippen LogP contribution in [0, 0.1) is 5.41 Å². The van der Waals surface area contributed by atoms with Crippen LogP contribution in [0.15, 0.2) is 18.2 Å². The van der Waals surface area contributed by atoms with Crippen molar-refractivity contribution in [2.75, 3.05) is 14.2 Å². The highest BCUT2D eigenvalue weighted by Crippen LogP contribution is 2.39. The monoisotopic (exact) mass is 394 g/mol. The average Bonchev–Trinajstić information content (AvgIpc) is 3.07. The maximum atomic E-state index is 12.6. The number of carbonyl (C=O) groups is 1. The number of nitrogens with zero attached hydrogens (tertiary/aromatic N) is 4. The summed E-state index contributed by atoms with van der Waals surface area (Å²) < 4.78 is 12.7. The molecule has 1 aliphatic carbocycles. The molecule has 0 unspecified atom stereocenters. The zero-order chi connectivity index (χ0) is 20.9. The second-order valence-electron chi connectivity index (χ2n) is 8.66. The van der Waals surface area contributed by atoms with E-state index >= 15 is 0 Å². The Balaban J connectivity index is 2.00. The van der Waals surface area contributed by atoms with Crippen molar-refractivity contribution in [2.45, 2.75) is 46.5 Å². The maximum Gasteiger partial charge on any atom is 0.185 e. The second kappa shape index (κ2) is 6.83. The molecular weight excluding hydrogens is 368 g/mol. The van der Waals surface area contributed by atoms with Crippen molar-refractivity contribution in [3.8, 4) is 22.6 Å². The molecule has 2 heterocycles. The minimum absolute atomic E-state index is 0.0277. The Labute approximate surface area is 170 Å². The van der Waals surface area contributed by atoms with Crippen LogP contribution in [0.3, 0.4) is 0 Å². The van der Waals surface area contributed by atoms with Gasteiger partial charge < -0.3 is 9.47 Å². The Morgan fingerprint density at radius 2 is 1.79 bits per heavy atom. The highest BCUT2D eigenvalue weighted by atomic mass is 16.5. The topological polar surface area (TPSA) is 78.6 Å². The summed E-state index contributed by atoms with van der Waals surface area (Å²) in [6.45, 7) is 8.40. The number of carbonyl (C=O) groups excluding carboxylic acids is 1. The normalized spacial score (nSPS) is 15.6. The van der Waals surface area contributed by atoms with Gasteiger partial charge in [0.05, 0.1) is 31.2 Å². The van der Waals surface area contributed by atoms with Crippen LogP contribution in [0.25, 0.3) is 16.8 Å². The predicted molar refractivity (Wildman–Crippen MR) is 110 cm³/mol. The van der Waals surface area contributed by atoms with Crippen LogP contribution in [-0.4, -0.2) is 39.8 Å². The van der Waals surface area contributed by atoms with Crippen LogP contribution in [0.4, 0.5) is 0 Å². The fourth-order valence-electron chi connectivity index (χ4n) is 4.04. The van der Waals surface area contributed by atoms with Crippen molar-refractivity contribution in [1.82, 2.24) is 19.8 Å². The van der Waals surface area contributed by atoms with E-state index in [-0.39, 0.29) is 17.1 Å². The van der Waals surface area contributed by atoms with Gasteiger partial charge in [-0.15, -0.1) is 10.2 Å². The molecule has 7 nitrogen and oxygen atoms in total. The highest BCUT2D eigenvalue weighted by molar-refractivity contribution is 5.97. The summed E-state index contributed by atoms with van der Waals surface area (Å²) >= 11 is 0. The lowest BCUT2D eigenvalue weighted by Gasteiger charge is -2.29. The molecule has 0 N–H and O–H groups in total. The molecule has 0 saturated carbocycles. The minimum Gasteiger partial charge on any atom is -0.493 e. The Morgan fingerprint density at radius 1 is 1.07 bits per heavy atom. The third kappa shape index (κ3) is 3.14. The van der Waals surface area contributed by atoms with E-state index < -0.39 is 0 Å². The van der Waals surface area contributed by atoms with Gasteiger partial charge in [-0.3, -0.25) is 4.79 Å². The number of rotatable bonds is 4. The van der Waals surface area contributed by atoms with E-state index in [0.29, 0.717) is 29.3 Å². The van der Waals surface area contributed by atoms with Gasteiger partial charge in [-0.2, -0.15) is 5.10 Å². The predicted octanol–water partition coefficient (Wildman–Crippen LogP) is 4.09. The summed E-state index contributed by atoms with van der Waals surface area (Å²) in [7, 11) is 3.23. The number of fused-ring (bicyclic) bond motifs is 3. The number of hydrogen-bond acceptors (Lipinski definition) is 6. The van der Waals surface area contributed by atoms with Gasteiger partial charge in [0.1, 0.15) is 0 Å². The molecule has 0 bridgehead atoms. The first-order valence-corrected chi connectivity index (χ1v) is 9.79. The van der Waals surface area contributed by atoms with Gasteiger partial charge in [0.2, 0.25) is 0 Å². The summed E-state index contributed by atoms with van der Waals surface area (Å²) in [5.41, 5.74) is 4.55. The zero-order valence-electron chi connectivity index (χ0n) is 17.7. The molecule has 1 aliphatic rings. The van der Waals surface area contributed by atoms with Crippen LogP contribution >= 0.6 is 0 Å². The third-order valence-electron chi connectivity index (χ3n) is 5.43. The summed E-state index contributed by atoms with van der Waals surface area (Å²) in [5, 5.41) is 13.6. The molecule has 0 amide bonds. The number of methoxy groups -OCH3 is 2. The smallest absolute Gasteiger partial charge is 0.185 e. The van der Waals surface area contributed by atoms with Crippen LogP contribution in [-0.2, 0) is 6.42 Å². The Morgan fingerprint density at radius 3 is 2.45 bits per heavy atom. The zero-order valence-corrected chi connectivity index (χ0v) is 17.7. The van der Waals surface area contributed by atoms with Crippen molar-refractivity contribution in [3.63, 3.8) is 0 Å². The fraction of sp³-hybridized carbons (Fsp3) is 0.455. The van der Waals surface area contributed by atoms with Crippen LogP contribution < -0.4 is 9.47 Å². The highest BCUT2D eigenvalue weighted by Gasteiger charge is 2.35. The number of ether oxygens (including phenoxy) is 2. The molecule has 7 heteroatoms. The van der Waals surface area contributed by atoms with Gasteiger partial charge in [-0.25, -0.2) is 4.52 Å². The summed E-state index contributed by atoms with van der Waals surface area (Å²) in [5.74, 6) is 1.50. The lowest BCUT2D eigenvalue weighted by atomic mass is 9.77. The van der Waals surface area contributed by atoms with Crippen molar-refractivity contribution in [3.05, 3.63) is 35.3 Å². The van der Waals surface area contributed by atoms with Crippen molar-refractivity contribution in [2.24, 2.45) is 5.41 Å². The molecule has 1 aromatic carbocycles. The van der Waals surface area contributed by atoms with E-state index in [0.717, 1.165) is 28.9 Å². The fourth-order valence-corrected chi connectivity index (χ4v) is 4.04. The standard InChI is InChI=1S/C22H26N4O3/c1-12(2)19-18(13-7-8-16(28-5)17(9-13)29-6)21-24-23-20-14(26(21)25-19)10-22(3,4)11-15(20)27/h7-9,12H,10-11H2,1-6H3. The molecule has 0 fully saturated rings. The van der Waals surface area contributed by atoms with E-state index in [9.17, 15) is 4.79 Å².